The fraction of sp³-hybridized carbons (Fsp3) is 0.600. The molecule has 19 heavy (non-hydrogen) atoms. The highest BCUT2D eigenvalue weighted by Crippen LogP contribution is 2.31. The highest BCUT2D eigenvalue weighted by atomic mass is 16.5. The van der Waals surface area contributed by atoms with Gasteiger partial charge in [0.2, 0.25) is 0 Å². The van der Waals surface area contributed by atoms with Gasteiger partial charge in [0.1, 0.15) is 11.5 Å². The second-order valence-electron chi connectivity index (χ2n) is 5.29. The van der Waals surface area contributed by atoms with E-state index in [-0.39, 0.29) is 18.4 Å². The highest BCUT2D eigenvalue weighted by Gasteiger charge is 2.28. The van der Waals surface area contributed by atoms with Crippen molar-refractivity contribution in [2.45, 2.75) is 38.3 Å². The monoisotopic (exact) mass is 265 g/mol. The Morgan fingerprint density at radius 1 is 1.42 bits per heavy atom. The summed E-state index contributed by atoms with van der Waals surface area (Å²) in [7, 11) is 1.62. The first kappa shape index (κ1) is 14.2. The van der Waals surface area contributed by atoms with Gasteiger partial charge in [-0.1, -0.05) is 6.42 Å². The zero-order valence-corrected chi connectivity index (χ0v) is 11.6. The molecule has 0 bridgehead atoms. The first-order valence-corrected chi connectivity index (χ1v) is 6.89. The van der Waals surface area contributed by atoms with E-state index in [9.17, 15) is 10.2 Å². The van der Waals surface area contributed by atoms with E-state index in [1.54, 1.807) is 19.2 Å². The lowest BCUT2D eigenvalue weighted by atomic mass is 10.0. The number of hydrogen-bond donors (Lipinski definition) is 3. The third kappa shape index (κ3) is 3.19. The minimum atomic E-state index is 0.0345. The number of hydrogen-bond acceptors (Lipinski definition) is 4. The van der Waals surface area contributed by atoms with Crippen LogP contribution in [0.5, 0.6) is 11.5 Å². The normalized spacial score (nSPS) is 24.4. The van der Waals surface area contributed by atoms with Crippen molar-refractivity contribution in [3.05, 3.63) is 23.8 Å². The summed E-state index contributed by atoms with van der Waals surface area (Å²) >= 11 is 0. The predicted molar refractivity (Wildman–Crippen MR) is 74.4 cm³/mol. The Kier molecular flexibility index (Phi) is 4.66. The molecular formula is C15H23NO3. The average molecular weight is 265 g/mol. The van der Waals surface area contributed by atoms with Crippen LogP contribution in [0, 0.1) is 5.92 Å². The predicted octanol–water partition coefficient (Wildman–Crippen LogP) is 2.21. The van der Waals surface area contributed by atoms with Crippen molar-refractivity contribution in [3.63, 3.8) is 0 Å². The molecule has 0 aromatic heterocycles. The van der Waals surface area contributed by atoms with Gasteiger partial charge >= 0.3 is 0 Å². The van der Waals surface area contributed by atoms with Gasteiger partial charge < -0.3 is 20.3 Å². The summed E-state index contributed by atoms with van der Waals surface area (Å²) in [5.41, 5.74) is 0.836. The molecule has 4 nitrogen and oxygen atoms in total. The second-order valence-corrected chi connectivity index (χ2v) is 5.29. The number of aliphatic hydroxyl groups is 1. The van der Waals surface area contributed by atoms with E-state index >= 15 is 0 Å². The summed E-state index contributed by atoms with van der Waals surface area (Å²) < 4.78 is 5.19. The molecule has 3 atom stereocenters. The van der Waals surface area contributed by atoms with Gasteiger partial charge in [-0.3, -0.25) is 0 Å². The molecule has 4 heteroatoms. The average Bonchev–Trinajstić information content (AvgIpc) is 2.86. The zero-order valence-electron chi connectivity index (χ0n) is 11.6. The molecule has 1 aromatic carbocycles. The van der Waals surface area contributed by atoms with Crippen LogP contribution in [0.3, 0.4) is 0 Å². The van der Waals surface area contributed by atoms with Gasteiger partial charge in [0.05, 0.1) is 7.11 Å². The van der Waals surface area contributed by atoms with Crippen LogP contribution < -0.4 is 10.1 Å². The van der Waals surface area contributed by atoms with E-state index in [1.165, 1.54) is 0 Å². The number of phenols is 1. The minimum Gasteiger partial charge on any atom is -0.508 e. The molecule has 1 fully saturated rings. The molecule has 1 aliphatic carbocycles. The Bertz CT molecular complexity index is 422. The largest absolute Gasteiger partial charge is 0.508 e. The fourth-order valence-corrected chi connectivity index (χ4v) is 2.89. The number of methoxy groups -OCH3 is 1. The molecule has 0 spiro atoms. The molecule has 0 radical (unpaired) electrons. The fourth-order valence-electron chi connectivity index (χ4n) is 2.89. The Morgan fingerprint density at radius 3 is 2.89 bits per heavy atom. The number of nitrogens with one attached hydrogen (secondary N) is 1. The van der Waals surface area contributed by atoms with Crippen molar-refractivity contribution < 1.29 is 14.9 Å². The molecule has 2 rings (SSSR count). The molecule has 3 N–H and O–H groups in total. The summed E-state index contributed by atoms with van der Waals surface area (Å²) in [6.07, 6.45) is 3.31. The highest BCUT2D eigenvalue weighted by molar-refractivity contribution is 5.41. The Hall–Kier alpha value is -1.26. The Labute approximate surface area is 114 Å². The summed E-state index contributed by atoms with van der Waals surface area (Å²) in [5.74, 6) is 1.35. The lowest BCUT2D eigenvalue weighted by Gasteiger charge is -2.25. The molecule has 106 valence electrons. The topological polar surface area (TPSA) is 61.7 Å². The molecule has 1 aliphatic rings. The molecule has 0 aliphatic heterocycles. The first-order chi connectivity index (χ1) is 9.15. The van der Waals surface area contributed by atoms with Crippen LogP contribution in [-0.2, 0) is 0 Å². The van der Waals surface area contributed by atoms with Gasteiger partial charge in [0.15, 0.2) is 0 Å². The summed E-state index contributed by atoms with van der Waals surface area (Å²) in [4.78, 5) is 0. The SMILES string of the molecule is COc1ccc(O)c(C(C)NC2CCCC2CO)c1. The first-order valence-electron chi connectivity index (χ1n) is 6.89. The third-order valence-corrected chi connectivity index (χ3v) is 4.06. The van der Waals surface area contributed by atoms with Crippen molar-refractivity contribution in [1.82, 2.24) is 5.32 Å². The number of aliphatic hydroxyl groups excluding tert-OH is 1. The number of ether oxygens (including phenoxy) is 1. The second kappa shape index (κ2) is 6.26. The van der Waals surface area contributed by atoms with E-state index < -0.39 is 0 Å². The Balaban J connectivity index is 2.08. The van der Waals surface area contributed by atoms with E-state index in [4.69, 9.17) is 4.74 Å². The van der Waals surface area contributed by atoms with Gasteiger partial charge in [-0.2, -0.15) is 0 Å². The summed E-state index contributed by atoms with van der Waals surface area (Å²) in [5, 5.41) is 22.8. The third-order valence-electron chi connectivity index (χ3n) is 4.06. The quantitative estimate of drug-likeness (QED) is 0.764. The molecule has 3 unspecified atom stereocenters. The van der Waals surface area contributed by atoms with E-state index in [0.29, 0.717) is 12.0 Å². The number of aromatic hydroxyl groups is 1. The van der Waals surface area contributed by atoms with Gasteiger partial charge in [0.25, 0.3) is 0 Å². The van der Waals surface area contributed by atoms with Crippen molar-refractivity contribution >= 4 is 0 Å². The van der Waals surface area contributed by atoms with E-state index in [1.807, 2.05) is 13.0 Å². The standard InChI is InChI=1S/C15H23NO3/c1-10(16-14-5-3-4-11(14)9-17)13-8-12(19-2)6-7-15(13)18/h6-8,10-11,14,16-18H,3-5,9H2,1-2H3. The molecule has 0 saturated heterocycles. The molecular weight excluding hydrogens is 242 g/mol. The van der Waals surface area contributed by atoms with Gasteiger partial charge in [-0.25, -0.2) is 0 Å². The lowest BCUT2D eigenvalue weighted by Crippen LogP contribution is -2.35. The maximum absolute atomic E-state index is 9.95. The van der Waals surface area contributed by atoms with Crippen LogP contribution in [0.1, 0.15) is 37.8 Å². The zero-order chi connectivity index (χ0) is 13.8. The maximum atomic E-state index is 9.95. The lowest BCUT2D eigenvalue weighted by molar-refractivity contribution is 0.200. The van der Waals surface area contributed by atoms with Crippen molar-refractivity contribution in [2.24, 2.45) is 5.92 Å². The van der Waals surface area contributed by atoms with Crippen LogP contribution in [-0.4, -0.2) is 30.0 Å². The van der Waals surface area contributed by atoms with Crippen molar-refractivity contribution in [2.75, 3.05) is 13.7 Å². The maximum Gasteiger partial charge on any atom is 0.120 e. The van der Waals surface area contributed by atoms with Crippen LogP contribution in [0.15, 0.2) is 18.2 Å². The van der Waals surface area contributed by atoms with Crippen molar-refractivity contribution in [1.29, 1.82) is 0 Å². The smallest absolute Gasteiger partial charge is 0.120 e. The van der Waals surface area contributed by atoms with Crippen LogP contribution >= 0.6 is 0 Å². The summed E-state index contributed by atoms with van der Waals surface area (Å²) in [6, 6.07) is 5.62. The number of rotatable bonds is 5. The van der Waals surface area contributed by atoms with E-state index in [0.717, 1.165) is 30.6 Å². The molecule has 0 heterocycles. The molecule has 0 amide bonds. The molecule has 1 saturated carbocycles. The molecule has 1 aromatic rings. The van der Waals surface area contributed by atoms with E-state index in [2.05, 4.69) is 5.32 Å². The summed E-state index contributed by atoms with van der Waals surface area (Å²) in [6.45, 7) is 2.26. The Morgan fingerprint density at radius 2 is 2.21 bits per heavy atom. The van der Waals surface area contributed by atoms with Crippen LogP contribution in [0.25, 0.3) is 0 Å². The van der Waals surface area contributed by atoms with Crippen molar-refractivity contribution in [3.8, 4) is 11.5 Å². The number of phenolic OH excluding ortho intramolecular Hbond substituents is 1. The minimum absolute atomic E-state index is 0.0345. The van der Waals surface area contributed by atoms with Crippen LogP contribution in [0.2, 0.25) is 0 Å². The van der Waals surface area contributed by atoms with Crippen LogP contribution in [0.4, 0.5) is 0 Å². The van der Waals surface area contributed by atoms with Gasteiger partial charge in [0, 0.05) is 24.3 Å². The number of benzene rings is 1. The van der Waals surface area contributed by atoms with Gasteiger partial charge in [-0.05, 0) is 43.9 Å². The van der Waals surface area contributed by atoms with Gasteiger partial charge in [-0.15, -0.1) is 0 Å².